The van der Waals surface area contributed by atoms with Crippen LogP contribution in [-0.2, 0) is 0 Å². The van der Waals surface area contributed by atoms with Crippen molar-refractivity contribution in [2.45, 2.75) is 10.4 Å². The average Bonchev–Trinajstić information content (AvgIpc) is 3.57. The Balaban J connectivity index is 1.48. The Hall–Kier alpha value is -4.49. The lowest BCUT2D eigenvalue weighted by molar-refractivity contribution is 0.0991. The third kappa shape index (κ3) is 4.10. The molecule has 1 unspecified atom stereocenters. The van der Waals surface area contributed by atoms with Gasteiger partial charge in [-0.2, -0.15) is 0 Å². The van der Waals surface area contributed by atoms with E-state index in [1.807, 2.05) is 102 Å². The fourth-order valence-electron chi connectivity index (χ4n) is 4.27. The number of thioether (sulfide) groups is 1. The minimum Gasteiger partial charge on any atom is -0.360 e. The fraction of sp³-hybridized carbons (Fsp3) is 0.0345. The second-order valence-electron chi connectivity index (χ2n) is 8.23. The van der Waals surface area contributed by atoms with E-state index in [-0.39, 0.29) is 5.78 Å². The van der Waals surface area contributed by atoms with Gasteiger partial charge in [-0.15, -0.1) is 10.2 Å². The third-order valence-electron chi connectivity index (χ3n) is 6.00. The van der Waals surface area contributed by atoms with Gasteiger partial charge in [-0.25, -0.2) is 0 Å². The zero-order valence-corrected chi connectivity index (χ0v) is 20.0. The number of ketones is 1. The highest BCUT2D eigenvalue weighted by atomic mass is 32.2. The standard InChI is InChI=1S/C29H21N5OS/c35-26(24-19-31-25-14-8-7-13-23(24)25)27(20-9-3-1-4-10-20)36-29-33-32-28(21-15-17-30-18-16-21)34(29)22-11-5-2-6-12-22/h1-19,27,31H. The number of hydrogen-bond donors (Lipinski definition) is 1. The molecule has 174 valence electrons. The number of benzene rings is 3. The number of para-hydroxylation sites is 2. The van der Waals surface area contributed by atoms with Crippen molar-refractivity contribution >= 4 is 28.4 Å². The Morgan fingerprint density at radius 2 is 1.50 bits per heavy atom. The lowest BCUT2D eigenvalue weighted by Crippen LogP contribution is -2.11. The molecule has 7 heteroatoms. The number of rotatable bonds is 7. The first-order chi connectivity index (χ1) is 17.8. The van der Waals surface area contributed by atoms with Gasteiger partial charge in [0.05, 0.1) is 0 Å². The quantitative estimate of drug-likeness (QED) is 0.205. The van der Waals surface area contributed by atoms with Crippen LogP contribution in [0.15, 0.2) is 121 Å². The average molecular weight is 488 g/mol. The van der Waals surface area contributed by atoms with Crippen LogP contribution < -0.4 is 0 Å². The first-order valence-corrected chi connectivity index (χ1v) is 12.4. The van der Waals surface area contributed by atoms with Crippen molar-refractivity contribution in [3.8, 4) is 17.1 Å². The number of aromatic amines is 1. The molecule has 3 aromatic heterocycles. The summed E-state index contributed by atoms with van der Waals surface area (Å²) in [5.74, 6) is 0.703. The summed E-state index contributed by atoms with van der Waals surface area (Å²) < 4.78 is 2.00. The molecule has 36 heavy (non-hydrogen) atoms. The number of nitrogens with zero attached hydrogens (tertiary/aromatic N) is 4. The zero-order valence-electron chi connectivity index (χ0n) is 19.2. The second-order valence-corrected chi connectivity index (χ2v) is 9.31. The Labute approximate surface area is 212 Å². The summed E-state index contributed by atoms with van der Waals surface area (Å²) in [5.41, 5.74) is 4.32. The summed E-state index contributed by atoms with van der Waals surface area (Å²) in [4.78, 5) is 21.4. The Morgan fingerprint density at radius 3 is 2.28 bits per heavy atom. The van der Waals surface area contributed by atoms with Crippen LogP contribution in [0.3, 0.4) is 0 Å². The second kappa shape index (κ2) is 9.64. The summed E-state index contributed by atoms with van der Waals surface area (Å²) >= 11 is 1.40. The van der Waals surface area contributed by atoms with Gasteiger partial charge in [0.1, 0.15) is 5.25 Å². The molecule has 0 radical (unpaired) electrons. The van der Waals surface area contributed by atoms with E-state index in [4.69, 9.17) is 0 Å². The van der Waals surface area contributed by atoms with Crippen LogP contribution in [0.5, 0.6) is 0 Å². The summed E-state index contributed by atoms with van der Waals surface area (Å²) in [6.45, 7) is 0. The van der Waals surface area contributed by atoms with Gasteiger partial charge in [0.2, 0.25) is 0 Å². The molecule has 3 aromatic carbocycles. The molecule has 3 heterocycles. The van der Waals surface area contributed by atoms with Crippen LogP contribution in [0.1, 0.15) is 21.2 Å². The van der Waals surface area contributed by atoms with Gasteiger partial charge in [0.25, 0.3) is 0 Å². The Morgan fingerprint density at radius 1 is 0.806 bits per heavy atom. The normalized spacial score (nSPS) is 12.0. The van der Waals surface area contributed by atoms with E-state index >= 15 is 0 Å². The first kappa shape index (κ1) is 22.0. The molecule has 0 fully saturated rings. The van der Waals surface area contributed by atoms with Crippen LogP contribution in [0.25, 0.3) is 28.0 Å². The molecule has 0 aliphatic carbocycles. The molecule has 0 aliphatic rings. The molecule has 6 rings (SSSR count). The van der Waals surface area contributed by atoms with Gasteiger partial charge >= 0.3 is 0 Å². The molecule has 1 N–H and O–H groups in total. The topological polar surface area (TPSA) is 76.5 Å². The summed E-state index contributed by atoms with van der Waals surface area (Å²) in [7, 11) is 0. The number of carbonyl (C=O) groups excluding carboxylic acids is 1. The number of carbonyl (C=O) groups is 1. The van der Waals surface area contributed by atoms with Crippen LogP contribution in [0.2, 0.25) is 0 Å². The molecule has 0 amide bonds. The summed E-state index contributed by atoms with van der Waals surface area (Å²) in [6.07, 6.45) is 5.27. The number of hydrogen-bond acceptors (Lipinski definition) is 5. The predicted molar refractivity (Wildman–Crippen MR) is 142 cm³/mol. The summed E-state index contributed by atoms with van der Waals surface area (Å²) in [6, 6.07) is 31.4. The fourth-order valence-corrected chi connectivity index (χ4v) is 5.39. The smallest absolute Gasteiger partial charge is 0.197 e. The maximum absolute atomic E-state index is 14.0. The number of pyridine rings is 1. The molecular formula is C29H21N5OS. The highest BCUT2D eigenvalue weighted by Crippen LogP contribution is 2.40. The zero-order chi connectivity index (χ0) is 24.3. The van der Waals surface area contributed by atoms with Crippen molar-refractivity contribution in [2.24, 2.45) is 0 Å². The van der Waals surface area contributed by atoms with Crippen molar-refractivity contribution in [3.63, 3.8) is 0 Å². The van der Waals surface area contributed by atoms with E-state index in [0.717, 1.165) is 27.7 Å². The largest absolute Gasteiger partial charge is 0.360 e. The maximum Gasteiger partial charge on any atom is 0.197 e. The van der Waals surface area contributed by atoms with E-state index in [9.17, 15) is 4.79 Å². The van der Waals surface area contributed by atoms with Crippen LogP contribution in [-0.4, -0.2) is 30.5 Å². The first-order valence-electron chi connectivity index (χ1n) is 11.5. The number of fused-ring (bicyclic) bond motifs is 1. The van der Waals surface area contributed by atoms with Crippen molar-refractivity contribution in [1.29, 1.82) is 0 Å². The van der Waals surface area contributed by atoms with Crippen LogP contribution >= 0.6 is 11.8 Å². The van der Waals surface area contributed by atoms with Crippen molar-refractivity contribution in [2.75, 3.05) is 0 Å². The number of H-pyrrole nitrogens is 1. The van der Waals surface area contributed by atoms with Crippen molar-refractivity contribution in [1.82, 2.24) is 24.7 Å². The van der Waals surface area contributed by atoms with E-state index in [2.05, 4.69) is 20.2 Å². The van der Waals surface area contributed by atoms with Crippen LogP contribution in [0, 0.1) is 0 Å². The molecule has 1 atom stereocenters. The van der Waals surface area contributed by atoms with E-state index < -0.39 is 5.25 Å². The molecule has 6 aromatic rings. The molecule has 0 saturated carbocycles. The van der Waals surface area contributed by atoms with Gasteiger partial charge in [0.15, 0.2) is 16.8 Å². The van der Waals surface area contributed by atoms with E-state index in [1.165, 1.54) is 11.8 Å². The van der Waals surface area contributed by atoms with Gasteiger partial charge in [-0.1, -0.05) is 78.5 Å². The minimum absolute atomic E-state index is 0.0109. The summed E-state index contributed by atoms with van der Waals surface area (Å²) in [5, 5.41) is 10.1. The van der Waals surface area contributed by atoms with Gasteiger partial charge in [-0.3, -0.25) is 14.3 Å². The van der Waals surface area contributed by atoms with Crippen LogP contribution in [0.4, 0.5) is 0 Å². The number of aromatic nitrogens is 5. The third-order valence-corrected chi connectivity index (χ3v) is 7.20. The lowest BCUT2D eigenvalue weighted by Gasteiger charge is -2.17. The molecule has 0 aliphatic heterocycles. The van der Waals surface area contributed by atoms with Crippen molar-refractivity contribution < 1.29 is 4.79 Å². The Bertz CT molecular complexity index is 1630. The molecule has 6 nitrogen and oxygen atoms in total. The van der Waals surface area contributed by atoms with Crippen molar-refractivity contribution in [3.05, 3.63) is 127 Å². The predicted octanol–water partition coefficient (Wildman–Crippen LogP) is 6.53. The molecule has 0 spiro atoms. The molecule has 0 saturated heterocycles. The molecular weight excluding hydrogens is 466 g/mol. The molecule has 0 bridgehead atoms. The Kier molecular flexibility index (Phi) is 5.89. The van der Waals surface area contributed by atoms with Gasteiger partial charge in [0, 0.05) is 46.3 Å². The van der Waals surface area contributed by atoms with Gasteiger partial charge in [-0.05, 0) is 35.9 Å². The highest BCUT2D eigenvalue weighted by Gasteiger charge is 2.29. The minimum atomic E-state index is -0.512. The number of Topliss-reactive ketones (excluding diaryl/α,β-unsaturated/α-hetero) is 1. The lowest BCUT2D eigenvalue weighted by atomic mass is 10.0. The SMILES string of the molecule is O=C(c1c[nH]c2ccccc12)C(Sc1nnc(-c2ccncc2)n1-c1ccccc1)c1ccccc1. The van der Waals surface area contributed by atoms with E-state index in [1.54, 1.807) is 18.6 Å². The van der Waals surface area contributed by atoms with E-state index in [0.29, 0.717) is 16.5 Å². The number of nitrogens with one attached hydrogen (secondary N) is 1. The maximum atomic E-state index is 14.0. The monoisotopic (exact) mass is 487 g/mol. The van der Waals surface area contributed by atoms with Gasteiger partial charge < -0.3 is 4.98 Å². The highest BCUT2D eigenvalue weighted by molar-refractivity contribution is 8.00.